The fraction of sp³-hybridized carbons (Fsp3) is 0.381. The van der Waals surface area contributed by atoms with Crippen molar-refractivity contribution >= 4 is 29.3 Å². The molecule has 1 unspecified atom stereocenters. The zero-order valence-electron chi connectivity index (χ0n) is 17.3. The predicted octanol–water partition coefficient (Wildman–Crippen LogP) is 1.97. The first-order valence-electron chi connectivity index (χ1n) is 9.89. The van der Waals surface area contributed by atoms with Crippen LogP contribution in [0.4, 0.5) is 10.1 Å². The zero-order chi connectivity index (χ0) is 22.4. The molecule has 1 fully saturated rings. The van der Waals surface area contributed by atoms with Crippen LogP contribution in [-0.4, -0.2) is 46.8 Å². The van der Waals surface area contributed by atoms with Gasteiger partial charge in [0, 0.05) is 25.6 Å². The van der Waals surface area contributed by atoms with Crippen LogP contribution in [0.5, 0.6) is 0 Å². The van der Waals surface area contributed by atoms with E-state index < -0.39 is 35.5 Å². The number of hydrogen-bond acceptors (Lipinski definition) is 7. The number of imide groups is 2. The van der Waals surface area contributed by atoms with E-state index in [-0.39, 0.29) is 42.1 Å². The molecule has 0 bridgehead atoms. The molecule has 2 aromatic rings. The third-order valence-corrected chi connectivity index (χ3v) is 5.54. The second-order valence-corrected chi connectivity index (χ2v) is 8.00. The molecule has 1 saturated heterocycles. The maximum atomic E-state index is 14.9. The average Bonchev–Trinajstić information content (AvgIpc) is 3.26. The van der Waals surface area contributed by atoms with Crippen LogP contribution < -0.4 is 10.2 Å². The standard InChI is InChI=1S/C21H21FN4O5/c1-10(2)17-11(9-31-24-17)8-25(3)18-13(22)5-4-12-16(18)21(30)26(20(12)29)14-6-7-15(27)23-19(14)28/h4-5,9-10,14H,6-8H2,1-3H3,(H,23,27,28). The van der Waals surface area contributed by atoms with E-state index in [1.165, 1.54) is 17.2 Å². The summed E-state index contributed by atoms with van der Waals surface area (Å²) in [6.45, 7) is 4.09. The quantitative estimate of drug-likeness (QED) is 0.725. The van der Waals surface area contributed by atoms with Gasteiger partial charge in [-0.15, -0.1) is 0 Å². The summed E-state index contributed by atoms with van der Waals surface area (Å²) in [5, 5.41) is 6.12. The number of aromatic nitrogens is 1. The number of nitrogens with zero attached hydrogens (tertiary/aromatic N) is 3. The first-order chi connectivity index (χ1) is 14.7. The van der Waals surface area contributed by atoms with E-state index in [0.29, 0.717) is 5.69 Å². The molecule has 31 heavy (non-hydrogen) atoms. The summed E-state index contributed by atoms with van der Waals surface area (Å²) in [6.07, 6.45) is 1.51. The van der Waals surface area contributed by atoms with Crippen molar-refractivity contribution in [3.05, 3.63) is 46.6 Å². The Morgan fingerprint density at radius 3 is 2.68 bits per heavy atom. The second-order valence-electron chi connectivity index (χ2n) is 8.00. The van der Waals surface area contributed by atoms with Crippen LogP contribution in [0.15, 0.2) is 22.9 Å². The summed E-state index contributed by atoms with van der Waals surface area (Å²) in [6, 6.07) is 1.25. The number of rotatable bonds is 5. The summed E-state index contributed by atoms with van der Waals surface area (Å²) < 4.78 is 19.9. The minimum atomic E-state index is -1.11. The minimum absolute atomic E-state index is 0.0103. The van der Waals surface area contributed by atoms with E-state index in [1.54, 1.807) is 7.05 Å². The van der Waals surface area contributed by atoms with E-state index in [2.05, 4.69) is 10.5 Å². The van der Waals surface area contributed by atoms with Gasteiger partial charge >= 0.3 is 0 Å². The molecule has 3 heterocycles. The summed E-state index contributed by atoms with van der Waals surface area (Å²) in [5.74, 6) is -3.21. The Balaban J connectivity index is 1.70. The number of nitrogens with one attached hydrogen (secondary N) is 1. The number of carbonyl (C=O) groups is 4. The molecule has 1 atom stereocenters. The molecule has 4 amide bonds. The molecular weight excluding hydrogens is 407 g/mol. The lowest BCUT2D eigenvalue weighted by Gasteiger charge is -2.28. The maximum Gasteiger partial charge on any atom is 0.264 e. The highest BCUT2D eigenvalue weighted by Gasteiger charge is 2.46. The normalized spacial score (nSPS) is 18.6. The van der Waals surface area contributed by atoms with Crippen molar-refractivity contribution in [3.63, 3.8) is 0 Å². The van der Waals surface area contributed by atoms with E-state index in [1.807, 2.05) is 13.8 Å². The molecule has 0 spiro atoms. The van der Waals surface area contributed by atoms with Crippen molar-refractivity contribution in [1.29, 1.82) is 0 Å². The molecular formula is C21H21FN4O5. The SMILES string of the molecule is CC(C)c1nocc1CN(C)c1c(F)ccc2c1C(=O)N(C1CCC(=O)NC1=O)C2=O. The van der Waals surface area contributed by atoms with E-state index in [4.69, 9.17) is 4.52 Å². The van der Waals surface area contributed by atoms with Crippen molar-refractivity contribution in [2.45, 2.75) is 45.2 Å². The molecule has 162 valence electrons. The number of anilines is 1. The molecule has 1 aromatic carbocycles. The summed E-state index contributed by atoms with van der Waals surface area (Å²) >= 11 is 0. The van der Waals surface area contributed by atoms with Gasteiger partial charge in [-0.25, -0.2) is 4.39 Å². The highest BCUT2D eigenvalue weighted by molar-refractivity contribution is 6.25. The van der Waals surface area contributed by atoms with Crippen LogP contribution in [-0.2, 0) is 16.1 Å². The van der Waals surface area contributed by atoms with Crippen molar-refractivity contribution in [2.24, 2.45) is 0 Å². The lowest BCUT2D eigenvalue weighted by Crippen LogP contribution is -2.54. The van der Waals surface area contributed by atoms with Gasteiger partial charge in [0.1, 0.15) is 18.1 Å². The average molecular weight is 428 g/mol. The summed E-state index contributed by atoms with van der Waals surface area (Å²) in [5.41, 5.74) is 1.33. The number of piperidine rings is 1. The number of amides is 4. The number of hydrogen-bond donors (Lipinski definition) is 1. The number of carbonyl (C=O) groups excluding carboxylic acids is 4. The zero-order valence-corrected chi connectivity index (χ0v) is 17.3. The van der Waals surface area contributed by atoms with Crippen molar-refractivity contribution < 1.29 is 28.1 Å². The van der Waals surface area contributed by atoms with Crippen molar-refractivity contribution in [1.82, 2.24) is 15.4 Å². The van der Waals surface area contributed by atoms with Gasteiger partial charge in [0.2, 0.25) is 11.8 Å². The van der Waals surface area contributed by atoms with Crippen LogP contribution in [0.25, 0.3) is 0 Å². The minimum Gasteiger partial charge on any atom is -0.367 e. The maximum absolute atomic E-state index is 14.9. The van der Waals surface area contributed by atoms with Crippen molar-refractivity contribution in [2.75, 3.05) is 11.9 Å². The van der Waals surface area contributed by atoms with E-state index in [9.17, 15) is 23.6 Å². The first kappa shape index (κ1) is 20.7. The second kappa shape index (κ2) is 7.60. The fourth-order valence-electron chi connectivity index (χ4n) is 4.08. The third-order valence-electron chi connectivity index (χ3n) is 5.54. The molecule has 4 rings (SSSR count). The molecule has 2 aliphatic heterocycles. The number of benzene rings is 1. The summed E-state index contributed by atoms with van der Waals surface area (Å²) in [4.78, 5) is 52.2. The molecule has 0 radical (unpaired) electrons. The Kier molecular flexibility index (Phi) is 5.08. The highest BCUT2D eigenvalue weighted by Crippen LogP contribution is 2.36. The molecule has 1 N–H and O–H groups in total. The van der Waals surface area contributed by atoms with Crippen molar-refractivity contribution in [3.8, 4) is 0 Å². The Morgan fingerprint density at radius 1 is 1.26 bits per heavy atom. The Hall–Kier alpha value is -3.56. The van der Waals surface area contributed by atoms with E-state index >= 15 is 0 Å². The smallest absolute Gasteiger partial charge is 0.264 e. The molecule has 9 nitrogen and oxygen atoms in total. The van der Waals surface area contributed by atoms with Gasteiger partial charge in [0.25, 0.3) is 11.8 Å². The van der Waals surface area contributed by atoms with Gasteiger partial charge in [-0.2, -0.15) is 0 Å². The van der Waals surface area contributed by atoms with Gasteiger partial charge in [-0.3, -0.25) is 29.4 Å². The third kappa shape index (κ3) is 3.37. The van der Waals surface area contributed by atoms with Gasteiger partial charge in [0.05, 0.1) is 22.5 Å². The van der Waals surface area contributed by atoms with Gasteiger partial charge in [0.15, 0.2) is 0 Å². The van der Waals surface area contributed by atoms with E-state index in [0.717, 1.165) is 16.5 Å². The van der Waals surface area contributed by atoms with Gasteiger partial charge < -0.3 is 9.42 Å². The van der Waals surface area contributed by atoms with Crippen LogP contribution in [0.1, 0.15) is 64.6 Å². The topological polar surface area (TPSA) is 113 Å². The Labute approximate surface area is 177 Å². The van der Waals surface area contributed by atoms with Crippen LogP contribution in [0, 0.1) is 5.82 Å². The molecule has 0 aliphatic carbocycles. The van der Waals surface area contributed by atoms with Gasteiger partial charge in [-0.1, -0.05) is 19.0 Å². The van der Waals surface area contributed by atoms with Crippen LogP contribution in [0.3, 0.4) is 0 Å². The first-order valence-corrected chi connectivity index (χ1v) is 9.89. The molecule has 10 heteroatoms. The van der Waals surface area contributed by atoms with Crippen LogP contribution in [0.2, 0.25) is 0 Å². The molecule has 0 saturated carbocycles. The predicted molar refractivity (Wildman–Crippen MR) is 106 cm³/mol. The molecule has 2 aliphatic rings. The lowest BCUT2D eigenvalue weighted by molar-refractivity contribution is -0.136. The fourth-order valence-corrected chi connectivity index (χ4v) is 4.08. The Bertz CT molecular complexity index is 1110. The largest absolute Gasteiger partial charge is 0.367 e. The number of halogens is 1. The number of fused-ring (bicyclic) bond motifs is 1. The molecule has 1 aromatic heterocycles. The lowest BCUT2D eigenvalue weighted by atomic mass is 10.0. The highest BCUT2D eigenvalue weighted by atomic mass is 19.1. The van der Waals surface area contributed by atoms with Gasteiger partial charge in [-0.05, 0) is 24.5 Å². The summed E-state index contributed by atoms with van der Waals surface area (Å²) in [7, 11) is 1.60. The van der Waals surface area contributed by atoms with Crippen LogP contribution >= 0.6 is 0 Å². The monoisotopic (exact) mass is 428 g/mol. The Morgan fingerprint density at radius 2 is 2.00 bits per heavy atom.